The number of allylic oxidation sites excluding steroid dienone is 1. The lowest BCUT2D eigenvalue weighted by atomic mass is 9.87. The molecule has 1 fully saturated rings. The average Bonchev–Trinajstić information content (AvgIpc) is 3.06. The van der Waals surface area contributed by atoms with Gasteiger partial charge in [0.2, 0.25) is 0 Å². The van der Waals surface area contributed by atoms with Gasteiger partial charge < -0.3 is 10.6 Å². The molecule has 8 nitrogen and oxygen atoms in total. The van der Waals surface area contributed by atoms with Crippen LogP contribution in [-0.4, -0.2) is 36.4 Å². The number of carbonyl (C=O) groups is 1. The molecule has 3 rings (SSSR count). The third kappa shape index (κ3) is 6.92. The fraction of sp³-hybridized carbons (Fsp3) is 0.552. The van der Waals surface area contributed by atoms with Crippen molar-refractivity contribution in [3.8, 4) is 0 Å². The Balaban J connectivity index is 2.16. The van der Waals surface area contributed by atoms with E-state index in [0.717, 1.165) is 37.1 Å². The molecule has 1 atom stereocenters. The minimum Gasteiger partial charge on any atom is -0.384 e. The number of sulfonamides is 1. The van der Waals surface area contributed by atoms with E-state index < -0.39 is 15.9 Å². The smallest absolute Gasteiger partial charge is 0.281 e. The summed E-state index contributed by atoms with van der Waals surface area (Å²) in [5.41, 5.74) is 7.03. The maximum atomic E-state index is 13.7. The van der Waals surface area contributed by atoms with Crippen molar-refractivity contribution in [3.63, 3.8) is 0 Å². The zero-order valence-electron chi connectivity index (χ0n) is 24.0. The molecule has 1 amide bonds. The fourth-order valence-corrected chi connectivity index (χ4v) is 5.97. The molecule has 3 heterocycles. The summed E-state index contributed by atoms with van der Waals surface area (Å²) in [6.07, 6.45) is 6.98. The largest absolute Gasteiger partial charge is 0.384 e. The second-order valence-electron chi connectivity index (χ2n) is 12.5. The third-order valence-corrected chi connectivity index (χ3v) is 8.00. The van der Waals surface area contributed by atoms with Crippen molar-refractivity contribution in [1.82, 2.24) is 14.7 Å². The summed E-state index contributed by atoms with van der Waals surface area (Å²) >= 11 is 0. The zero-order valence-corrected chi connectivity index (χ0v) is 24.8. The zero-order chi connectivity index (χ0) is 28.5. The van der Waals surface area contributed by atoms with E-state index in [1.54, 1.807) is 6.07 Å². The van der Waals surface area contributed by atoms with E-state index in [1.165, 1.54) is 18.2 Å². The van der Waals surface area contributed by atoms with Crippen LogP contribution in [0.2, 0.25) is 0 Å². The number of nitrogen functional groups attached to an aromatic ring is 1. The molecule has 1 aliphatic heterocycles. The number of hydrogen-bond donors (Lipinski definition) is 2. The number of rotatable bonds is 8. The SMILES string of the molecule is CC(C)CC/C=C/c1cc(C(=O)NS(=O)(=O)c2cccc(N)n2)c(N2C[C@@H](C)CC2(C)C)nc1C(C)(C)C. The summed E-state index contributed by atoms with van der Waals surface area (Å²) in [6, 6.07) is 6.07. The summed E-state index contributed by atoms with van der Waals surface area (Å²) < 4.78 is 28.3. The number of hydrogen-bond acceptors (Lipinski definition) is 7. The summed E-state index contributed by atoms with van der Waals surface area (Å²) in [4.78, 5) is 24.8. The van der Waals surface area contributed by atoms with Crippen LogP contribution in [0.1, 0.15) is 96.3 Å². The number of anilines is 2. The Morgan fingerprint density at radius 3 is 2.50 bits per heavy atom. The van der Waals surface area contributed by atoms with Crippen LogP contribution in [0, 0.1) is 11.8 Å². The molecule has 0 aromatic carbocycles. The first kappa shape index (κ1) is 29.6. The van der Waals surface area contributed by atoms with Gasteiger partial charge in [-0.15, -0.1) is 0 Å². The van der Waals surface area contributed by atoms with E-state index in [4.69, 9.17) is 10.7 Å². The topological polar surface area (TPSA) is 118 Å². The van der Waals surface area contributed by atoms with Crippen LogP contribution in [0.5, 0.6) is 0 Å². The highest BCUT2D eigenvalue weighted by Crippen LogP contribution is 2.39. The molecule has 208 valence electrons. The van der Waals surface area contributed by atoms with Crippen molar-refractivity contribution < 1.29 is 13.2 Å². The molecule has 38 heavy (non-hydrogen) atoms. The minimum atomic E-state index is -4.25. The highest BCUT2D eigenvalue weighted by Gasteiger charge is 2.40. The first-order valence-electron chi connectivity index (χ1n) is 13.3. The lowest BCUT2D eigenvalue weighted by Gasteiger charge is -2.35. The molecule has 1 saturated heterocycles. The van der Waals surface area contributed by atoms with Crippen LogP contribution in [0.25, 0.3) is 6.08 Å². The summed E-state index contributed by atoms with van der Waals surface area (Å²) in [5, 5.41) is -0.310. The number of pyridine rings is 2. The quantitative estimate of drug-likeness (QED) is 0.450. The van der Waals surface area contributed by atoms with Gasteiger partial charge >= 0.3 is 0 Å². The van der Waals surface area contributed by atoms with E-state index in [0.29, 0.717) is 17.7 Å². The number of nitrogens with zero attached hydrogens (tertiary/aromatic N) is 3. The molecule has 2 aromatic rings. The maximum absolute atomic E-state index is 13.7. The normalized spacial score (nSPS) is 17.9. The second-order valence-corrected chi connectivity index (χ2v) is 14.1. The van der Waals surface area contributed by atoms with Gasteiger partial charge in [0.15, 0.2) is 5.03 Å². The fourth-order valence-electron chi connectivity index (χ4n) is 5.03. The molecule has 0 bridgehead atoms. The van der Waals surface area contributed by atoms with E-state index in [9.17, 15) is 13.2 Å². The third-order valence-electron chi connectivity index (χ3n) is 6.77. The van der Waals surface area contributed by atoms with Gasteiger partial charge in [0.25, 0.3) is 15.9 Å². The Bertz CT molecular complexity index is 1310. The van der Waals surface area contributed by atoms with Gasteiger partial charge in [0.1, 0.15) is 11.6 Å². The van der Waals surface area contributed by atoms with E-state index >= 15 is 0 Å². The van der Waals surface area contributed by atoms with Gasteiger partial charge in [-0.3, -0.25) is 4.79 Å². The molecular weight excluding hydrogens is 498 g/mol. The lowest BCUT2D eigenvalue weighted by Crippen LogP contribution is -2.41. The Labute approximate surface area is 228 Å². The monoisotopic (exact) mass is 541 g/mol. The Morgan fingerprint density at radius 2 is 1.95 bits per heavy atom. The molecule has 2 aromatic heterocycles. The van der Waals surface area contributed by atoms with Gasteiger partial charge in [-0.1, -0.05) is 59.8 Å². The molecule has 1 aliphatic rings. The van der Waals surface area contributed by atoms with E-state index in [2.05, 4.69) is 76.1 Å². The predicted octanol–water partition coefficient (Wildman–Crippen LogP) is 5.55. The molecule has 0 unspecified atom stereocenters. The van der Waals surface area contributed by atoms with E-state index in [1.807, 2.05) is 6.08 Å². The molecule has 9 heteroatoms. The van der Waals surface area contributed by atoms with Crippen LogP contribution < -0.4 is 15.4 Å². The molecule has 0 saturated carbocycles. The van der Waals surface area contributed by atoms with Crippen LogP contribution in [-0.2, 0) is 15.4 Å². The minimum absolute atomic E-state index is 0.0545. The number of amides is 1. The van der Waals surface area contributed by atoms with Crippen LogP contribution in [0.3, 0.4) is 0 Å². The van der Waals surface area contributed by atoms with Crippen molar-refractivity contribution in [1.29, 1.82) is 0 Å². The Hall–Kier alpha value is -2.94. The molecule has 0 spiro atoms. The van der Waals surface area contributed by atoms with Crippen LogP contribution in [0.4, 0.5) is 11.6 Å². The standard InChI is InChI=1S/C29H43N5O3S/c1-19(2)12-9-10-13-21-16-22(27(35)33-38(36,37)24-15-11-14-23(30)31-24)26(32-25(21)28(4,5)6)34-18-20(3)17-29(34,7)8/h10-11,13-16,19-20H,9,12,17-18H2,1-8H3,(H2,30,31)(H,33,35)/b13-10+/t20-/m0/s1. The molecule has 0 radical (unpaired) electrons. The van der Waals surface area contributed by atoms with Gasteiger partial charge in [0, 0.05) is 17.5 Å². The predicted molar refractivity (Wildman–Crippen MR) is 155 cm³/mol. The van der Waals surface area contributed by atoms with Gasteiger partial charge in [-0.2, -0.15) is 8.42 Å². The van der Waals surface area contributed by atoms with Crippen LogP contribution in [0.15, 0.2) is 35.4 Å². The first-order chi connectivity index (χ1) is 17.5. The first-order valence-corrected chi connectivity index (χ1v) is 14.8. The van der Waals surface area contributed by atoms with Crippen molar-refractivity contribution in [3.05, 3.63) is 47.2 Å². The highest BCUT2D eigenvalue weighted by atomic mass is 32.2. The molecule has 3 N–H and O–H groups in total. The van der Waals surface area contributed by atoms with Crippen molar-refractivity contribution in [2.24, 2.45) is 11.8 Å². The number of aromatic nitrogens is 2. The highest BCUT2D eigenvalue weighted by molar-refractivity contribution is 7.90. The van der Waals surface area contributed by atoms with Crippen molar-refractivity contribution >= 4 is 33.6 Å². The van der Waals surface area contributed by atoms with Gasteiger partial charge in [-0.05, 0) is 68.7 Å². The number of nitrogens with one attached hydrogen (secondary N) is 1. The second kappa shape index (κ2) is 11.0. The van der Waals surface area contributed by atoms with E-state index in [-0.39, 0.29) is 27.4 Å². The number of nitrogens with two attached hydrogens (primary N) is 1. The summed E-state index contributed by atoms with van der Waals surface area (Å²) in [5.74, 6) is 0.783. The van der Waals surface area contributed by atoms with Gasteiger partial charge in [-0.25, -0.2) is 14.7 Å². The Morgan fingerprint density at radius 1 is 1.26 bits per heavy atom. The maximum Gasteiger partial charge on any atom is 0.281 e. The lowest BCUT2D eigenvalue weighted by molar-refractivity contribution is 0.0981. The Kier molecular flexibility index (Phi) is 8.61. The van der Waals surface area contributed by atoms with Crippen molar-refractivity contribution in [2.45, 2.75) is 90.6 Å². The summed E-state index contributed by atoms with van der Waals surface area (Å²) in [7, 11) is -4.25. The van der Waals surface area contributed by atoms with Crippen molar-refractivity contribution in [2.75, 3.05) is 17.2 Å². The average molecular weight is 542 g/mol. The molecular formula is C29H43N5O3S. The van der Waals surface area contributed by atoms with Crippen LogP contribution >= 0.6 is 0 Å². The number of carbonyl (C=O) groups excluding carboxylic acids is 1. The molecule has 0 aliphatic carbocycles. The summed E-state index contributed by atoms with van der Waals surface area (Å²) in [6.45, 7) is 17.8. The van der Waals surface area contributed by atoms with Gasteiger partial charge in [0.05, 0.1) is 11.3 Å².